The minimum absolute atomic E-state index is 0.0420. The Hall–Kier alpha value is -3.31. The van der Waals surface area contributed by atoms with Crippen molar-refractivity contribution >= 4 is 5.91 Å². The third kappa shape index (κ3) is 3.35. The van der Waals surface area contributed by atoms with Crippen LogP contribution in [-0.4, -0.2) is 37.3 Å². The molecule has 1 aromatic carbocycles. The highest BCUT2D eigenvalue weighted by molar-refractivity contribution is 5.95. The minimum Gasteiger partial charge on any atom is -0.330 e. The average Bonchev–Trinajstić information content (AvgIpc) is 3.30. The van der Waals surface area contributed by atoms with E-state index in [9.17, 15) is 31.1 Å². The van der Waals surface area contributed by atoms with Crippen LogP contribution in [0.15, 0.2) is 18.3 Å². The standard InChI is InChI=1S/C19H15F6N5O/c1-8-15-10(16(29(2)28-15)9-5-12(20)14(22)13(21)6-9)3-4-30(8)18(31)11-7-26-27-17(11)19(23,24)25/h5-8H,3-4H2,1-2H3,(H,26,27)/t8-/m0/s1. The molecule has 0 radical (unpaired) electrons. The lowest BCUT2D eigenvalue weighted by Gasteiger charge is -2.33. The third-order valence-electron chi connectivity index (χ3n) is 5.31. The van der Waals surface area contributed by atoms with Crippen LogP contribution in [0.1, 0.15) is 40.3 Å². The monoisotopic (exact) mass is 443 g/mol. The van der Waals surface area contributed by atoms with Crippen LogP contribution < -0.4 is 0 Å². The number of alkyl halides is 3. The largest absolute Gasteiger partial charge is 0.433 e. The first-order chi connectivity index (χ1) is 14.5. The lowest BCUT2D eigenvalue weighted by atomic mass is 9.95. The van der Waals surface area contributed by atoms with Crippen LogP contribution in [0, 0.1) is 17.5 Å². The van der Waals surface area contributed by atoms with Gasteiger partial charge in [-0.05, 0) is 25.5 Å². The Bertz CT molecular complexity index is 1160. The third-order valence-corrected chi connectivity index (χ3v) is 5.31. The molecule has 6 nitrogen and oxygen atoms in total. The van der Waals surface area contributed by atoms with E-state index >= 15 is 0 Å². The summed E-state index contributed by atoms with van der Waals surface area (Å²) in [6.07, 6.45) is -3.78. The number of aromatic nitrogens is 4. The molecule has 1 aliphatic rings. The molecule has 0 saturated carbocycles. The number of benzene rings is 1. The summed E-state index contributed by atoms with van der Waals surface area (Å²) in [5.41, 5.74) is -0.497. The Kier molecular flexibility index (Phi) is 4.82. The van der Waals surface area contributed by atoms with E-state index in [1.54, 1.807) is 12.0 Å². The van der Waals surface area contributed by atoms with Gasteiger partial charge in [0.25, 0.3) is 5.91 Å². The van der Waals surface area contributed by atoms with E-state index in [0.717, 1.165) is 18.3 Å². The van der Waals surface area contributed by atoms with Crippen LogP contribution >= 0.6 is 0 Å². The number of hydrogen-bond donors (Lipinski definition) is 1. The molecule has 1 aliphatic heterocycles. The van der Waals surface area contributed by atoms with Crippen LogP contribution in [0.5, 0.6) is 0 Å². The summed E-state index contributed by atoms with van der Waals surface area (Å²) in [6, 6.07) is 0.972. The lowest BCUT2D eigenvalue weighted by molar-refractivity contribution is -0.141. The number of amides is 1. The number of carbonyl (C=O) groups is 1. The molecule has 31 heavy (non-hydrogen) atoms. The smallest absolute Gasteiger partial charge is 0.330 e. The van der Waals surface area contributed by atoms with Gasteiger partial charge in [-0.1, -0.05) is 0 Å². The first-order valence-electron chi connectivity index (χ1n) is 9.13. The van der Waals surface area contributed by atoms with E-state index in [4.69, 9.17) is 0 Å². The van der Waals surface area contributed by atoms with Gasteiger partial charge >= 0.3 is 6.18 Å². The minimum atomic E-state index is -4.78. The fourth-order valence-corrected chi connectivity index (χ4v) is 3.89. The number of nitrogens with one attached hydrogen (secondary N) is 1. The van der Waals surface area contributed by atoms with Gasteiger partial charge in [0, 0.05) is 24.7 Å². The van der Waals surface area contributed by atoms with Crippen molar-refractivity contribution in [3.8, 4) is 11.3 Å². The van der Waals surface area contributed by atoms with Gasteiger partial charge in [0.2, 0.25) is 0 Å². The normalized spacial score (nSPS) is 16.5. The average molecular weight is 443 g/mol. The Morgan fingerprint density at radius 3 is 2.45 bits per heavy atom. The first kappa shape index (κ1) is 20.9. The van der Waals surface area contributed by atoms with Gasteiger partial charge in [-0.25, -0.2) is 13.2 Å². The zero-order chi connectivity index (χ0) is 22.7. The number of hydrogen-bond acceptors (Lipinski definition) is 3. The summed E-state index contributed by atoms with van der Waals surface area (Å²) in [6.45, 7) is 1.63. The van der Waals surface area contributed by atoms with Gasteiger partial charge in [0.05, 0.1) is 29.2 Å². The van der Waals surface area contributed by atoms with E-state index in [-0.39, 0.29) is 18.5 Å². The predicted molar refractivity (Wildman–Crippen MR) is 95.3 cm³/mol. The molecule has 4 rings (SSSR count). The topological polar surface area (TPSA) is 66.8 Å². The van der Waals surface area contributed by atoms with Crippen LogP contribution in [0.2, 0.25) is 0 Å². The lowest BCUT2D eigenvalue weighted by Crippen LogP contribution is -2.39. The molecule has 2 aromatic heterocycles. The number of halogens is 6. The maximum absolute atomic E-state index is 13.7. The Morgan fingerprint density at radius 1 is 1.19 bits per heavy atom. The number of aryl methyl sites for hydroxylation is 1. The molecule has 0 bridgehead atoms. The fourth-order valence-electron chi connectivity index (χ4n) is 3.89. The Labute approximate surface area is 171 Å². The van der Waals surface area contributed by atoms with Crippen LogP contribution in [0.4, 0.5) is 26.3 Å². The molecule has 3 aromatic rings. The molecule has 0 fully saturated rings. The Morgan fingerprint density at radius 2 is 1.84 bits per heavy atom. The van der Waals surface area contributed by atoms with Gasteiger partial charge in [0.1, 0.15) is 0 Å². The van der Waals surface area contributed by atoms with Gasteiger partial charge < -0.3 is 4.90 Å². The fraction of sp³-hybridized carbons (Fsp3) is 0.316. The number of rotatable bonds is 2. The van der Waals surface area contributed by atoms with E-state index < -0.39 is 46.8 Å². The van der Waals surface area contributed by atoms with Crippen molar-refractivity contribution < 1.29 is 31.1 Å². The van der Waals surface area contributed by atoms with Gasteiger partial charge in [-0.2, -0.15) is 23.4 Å². The van der Waals surface area contributed by atoms with Crippen LogP contribution in [0.25, 0.3) is 11.3 Å². The van der Waals surface area contributed by atoms with Gasteiger partial charge in [-0.15, -0.1) is 0 Å². The second-order valence-electron chi connectivity index (χ2n) is 7.17. The summed E-state index contributed by atoms with van der Waals surface area (Å²) >= 11 is 0. The number of H-pyrrole nitrogens is 1. The number of nitrogens with zero attached hydrogens (tertiary/aromatic N) is 4. The zero-order valence-electron chi connectivity index (χ0n) is 16.2. The van der Waals surface area contributed by atoms with Crippen LogP contribution in [-0.2, 0) is 19.6 Å². The Balaban J connectivity index is 1.72. The van der Waals surface area contributed by atoms with Crippen molar-refractivity contribution in [2.75, 3.05) is 6.54 Å². The summed E-state index contributed by atoms with van der Waals surface area (Å²) in [7, 11) is 1.52. The molecule has 1 amide bonds. The van der Waals surface area contributed by atoms with E-state index in [0.29, 0.717) is 17.0 Å². The molecule has 164 valence electrons. The maximum Gasteiger partial charge on any atom is 0.433 e. The molecule has 1 N–H and O–H groups in total. The second kappa shape index (κ2) is 7.13. The van der Waals surface area contributed by atoms with Crippen molar-refractivity contribution in [1.29, 1.82) is 0 Å². The first-order valence-corrected chi connectivity index (χ1v) is 9.13. The maximum atomic E-state index is 13.7. The van der Waals surface area contributed by atoms with Crippen molar-refractivity contribution in [2.24, 2.45) is 7.05 Å². The molecule has 0 spiro atoms. The van der Waals surface area contributed by atoms with E-state index in [1.165, 1.54) is 16.6 Å². The number of fused-ring (bicyclic) bond motifs is 1. The summed E-state index contributed by atoms with van der Waals surface area (Å²) in [4.78, 5) is 14.1. The summed E-state index contributed by atoms with van der Waals surface area (Å²) < 4.78 is 81.6. The summed E-state index contributed by atoms with van der Waals surface area (Å²) in [5.74, 6) is -5.17. The van der Waals surface area contributed by atoms with E-state index in [2.05, 4.69) is 10.2 Å². The van der Waals surface area contributed by atoms with E-state index in [1.807, 2.05) is 0 Å². The SMILES string of the molecule is C[C@H]1c2nn(C)c(-c3cc(F)c(F)c(F)c3)c2CCN1C(=O)c1cn[nH]c1C(F)(F)F. The molecular formula is C19H15F6N5O. The molecule has 1 atom stereocenters. The van der Waals surface area contributed by atoms with Crippen molar-refractivity contribution in [3.63, 3.8) is 0 Å². The summed E-state index contributed by atoms with van der Waals surface area (Å²) in [5, 5.41) is 9.46. The molecule has 0 saturated heterocycles. The molecule has 12 heteroatoms. The number of aromatic amines is 1. The predicted octanol–water partition coefficient (Wildman–Crippen LogP) is 4.01. The zero-order valence-corrected chi connectivity index (χ0v) is 16.2. The van der Waals surface area contributed by atoms with Crippen molar-refractivity contribution in [3.05, 3.63) is 58.3 Å². The van der Waals surface area contributed by atoms with Crippen LogP contribution in [0.3, 0.4) is 0 Å². The molecule has 3 heterocycles. The second-order valence-corrected chi connectivity index (χ2v) is 7.17. The number of carbonyl (C=O) groups excluding carboxylic acids is 1. The van der Waals surface area contributed by atoms with Crippen molar-refractivity contribution in [1.82, 2.24) is 24.9 Å². The highest BCUT2D eigenvalue weighted by Gasteiger charge is 2.41. The molecule has 0 unspecified atom stereocenters. The molecular weight excluding hydrogens is 428 g/mol. The highest BCUT2D eigenvalue weighted by Crippen LogP contribution is 2.38. The van der Waals surface area contributed by atoms with Gasteiger partial charge in [0.15, 0.2) is 23.1 Å². The van der Waals surface area contributed by atoms with Crippen molar-refractivity contribution in [2.45, 2.75) is 25.6 Å². The van der Waals surface area contributed by atoms with Gasteiger partial charge in [-0.3, -0.25) is 14.6 Å². The highest BCUT2D eigenvalue weighted by atomic mass is 19.4. The molecule has 0 aliphatic carbocycles. The quantitative estimate of drug-likeness (QED) is 0.481.